The maximum atomic E-state index is 9.55. The summed E-state index contributed by atoms with van der Waals surface area (Å²) in [5, 5.41) is 9.55. The maximum Gasteiger partial charge on any atom is 0.134 e. The highest BCUT2D eigenvalue weighted by molar-refractivity contribution is 5.52. The van der Waals surface area contributed by atoms with E-state index in [2.05, 4.69) is 46.6 Å². The summed E-state index contributed by atoms with van der Waals surface area (Å²) >= 11 is 0. The number of anilines is 2. The van der Waals surface area contributed by atoms with Gasteiger partial charge in [-0.2, -0.15) is 0 Å². The minimum absolute atomic E-state index is 0.204. The normalized spacial score (nSPS) is 25.4. The van der Waals surface area contributed by atoms with Crippen LogP contribution in [0, 0.1) is 5.41 Å². The molecule has 0 spiro atoms. The Kier molecular flexibility index (Phi) is 4.76. The lowest BCUT2D eigenvalue weighted by atomic mass is 9.87. The molecule has 128 valence electrons. The summed E-state index contributed by atoms with van der Waals surface area (Å²) in [4.78, 5) is 13.7. The number of aromatic nitrogens is 2. The summed E-state index contributed by atoms with van der Waals surface area (Å²) in [6.45, 7) is 9.20. The Morgan fingerprint density at radius 1 is 1.04 bits per heavy atom. The van der Waals surface area contributed by atoms with Gasteiger partial charge in [-0.3, -0.25) is 0 Å². The molecular weight excluding hydrogens is 288 g/mol. The Labute approximate surface area is 139 Å². The molecule has 2 aliphatic heterocycles. The largest absolute Gasteiger partial charge is 0.394 e. The molecule has 1 N–H and O–H groups in total. The van der Waals surface area contributed by atoms with Crippen molar-refractivity contribution in [1.29, 1.82) is 0 Å². The summed E-state index contributed by atoms with van der Waals surface area (Å²) in [5.41, 5.74) is 0.333. The molecular formula is C18H30N4O. The average Bonchev–Trinajstić information content (AvgIpc) is 3.14. The van der Waals surface area contributed by atoms with E-state index in [0.29, 0.717) is 11.5 Å². The molecule has 0 radical (unpaired) electrons. The first-order chi connectivity index (χ1) is 11.0. The molecule has 0 unspecified atom stereocenters. The summed E-state index contributed by atoms with van der Waals surface area (Å²) in [6, 6.07) is 2.90. The molecule has 0 saturated carbocycles. The van der Waals surface area contributed by atoms with Crippen LogP contribution < -0.4 is 9.80 Å². The van der Waals surface area contributed by atoms with E-state index in [1.165, 1.54) is 19.3 Å². The lowest BCUT2D eigenvalue weighted by Crippen LogP contribution is -2.35. The van der Waals surface area contributed by atoms with Crippen LogP contribution in [0.2, 0.25) is 0 Å². The smallest absolute Gasteiger partial charge is 0.134 e. The molecule has 2 fully saturated rings. The van der Waals surface area contributed by atoms with Crippen molar-refractivity contribution in [3.63, 3.8) is 0 Å². The Bertz CT molecular complexity index is 528. The first-order valence-corrected chi connectivity index (χ1v) is 8.94. The molecule has 2 saturated heterocycles. The van der Waals surface area contributed by atoms with E-state index in [1.54, 1.807) is 6.33 Å². The van der Waals surface area contributed by atoms with Crippen LogP contribution in [0.1, 0.15) is 52.9 Å². The van der Waals surface area contributed by atoms with Crippen molar-refractivity contribution in [2.75, 3.05) is 29.5 Å². The second-order valence-corrected chi connectivity index (χ2v) is 8.16. The summed E-state index contributed by atoms with van der Waals surface area (Å²) in [5.74, 6) is 2.01. The number of nitrogens with zero attached hydrogens (tertiary/aromatic N) is 4. The molecule has 2 aliphatic rings. The predicted molar refractivity (Wildman–Crippen MR) is 93.9 cm³/mol. The zero-order valence-electron chi connectivity index (χ0n) is 14.7. The standard InChI is InChI=1S/C18H30N4O/c1-18(2,3)11-14-6-4-8-21(14)16-10-17(20-13-19-16)22-9-5-7-15(22)12-23/h10,13-15,23H,4-9,11-12H2,1-3H3/t14-,15+/m0/s1. The molecule has 3 rings (SSSR count). The van der Waals surface area contributed by atoms with E-state index < -0.39 is 0 Å². The van der Waals surface area contributed by atoms with Gasteiger partial charge in [0, 0.05) is 25.2 Å². The highest BCUT2D eigenvalue weighted by Gasteiger charge is 2.31. The Morgan fingerprint density at radius 2 is 1.61 bits per heavy atom. The van der Waals surface area contributed by atoms with Crippen LogP contribution >= 0.6 is 0 Å². The summed E-state index contributed by atoms with van der Waals surface area (Å²) in [6.07, 6.45) is 7.54. The van der Waals surface area contributed by atoms with Crippen LogP contribution in [0.3, 0.4) is 0 Å². The van der Waals surface area contributed by atoms with Gasteiger partial charge in [0.25, 0.3) is 0 Å². The topological polar surface area (TPSA) is 52.5 Å². The molecule has 23 heavy (non-hydrogen) atoms. The molecule has 0 amide bonds. The fourth-order valence-electron chi connectivity index (χ4n) is 4.03. The Hall–Kier alpha value is -1.36. The van der Waals surface area contributed by atoms with Gasteiger partial charge in [0.2, 0.25) is 0 Å². The van der Waals surface area contributed by atoms with E-state index in [9.17, 15) is 5.11 Å². The van der Waals surface area contributed by atoms with E-state index >= 15 is 0 Å². The maximum absolute atomic E-state index is 9.55. The molecule has 0 bridgehead atoms. The lowest BCUT2D eigenvalue weighted by molar-refractivity contribution is 0.266. The highest BCUT2D eigenvalue weighted by atomic mass is 16.3. The first kappa shape index (κ1) is 16.5. The van der Waals surface area contributed by atoms with Gasteiger partial charge in [-0.15, -0.1) is 0 Å². The van der Waals surface area contributed by atoms with Crippen LogP contribution in [0.15, 0.2) is 12.4 Å². The van der Waals surface area contributed by atoms with Crippen molar-refractivity contribution < 1.29 is 5.11 Å². The van der Waals surface area contributed by atoms with Crippen LogP contribution in [0.4, 0.5) is 11.6 Å². The highest BCUT2D eigenvalue weighted by Crippen LogP contribution is 2.34. The van der Waals surface area contributed by atoms with Crippen molar-refractivity contribution in [3.8, 4) is 0 Å². The van der Waals surface area contributed by atoms with Gasteiger partial charge in [-0.05, 0) is 37.5 Å². The number of aliphatic hydroxyl groups excluding tert-OH is 1. The molecule has 2 atom stereocenters. The van der Waals surface area contributed by atoms with Gasteiger partial charge >= 0.3 is 0 Å². The fraction of sp³-hybridized carbons (Fsp3) is 0.778. The van der Waals surface area contributed by atoms with Crippen molar-refractivity contribution in [1.82, 2.24) is 9.97 Å². The fourth-order valence-corrected chi connectivity index (χ4v) is 4.03. The summed E-state index contributed by atoms with van der Waals surface area (Å²) in [7, 11) is 0. The molecule has 1 aromatic rings. The SMILES string of the molecule is CC(C)(C)C[C@@H]1CCCN1c1cc(N2CCC[C@@H]2CO)ncn1. The van der Waals surface area contributed by atoms with E-state index in [0.717, 1.165) is 37.6 Å². The summed E-state index contributed by atoms with van der Waals surface area (Å²) < 4.78 is 0. The van der Waals surface area contributed by atoms with E-state index in [1.807, 2.05) is 0 Å². The van der Waals surface area contributed by atoms with Gasteiger partial charge < -0.3 is 14.9 Å². The van der Waals surface area contributed by atoms with Crippen LogP contribution in [-0.2, 0) is 0 Å². The molecule has 3 heterocycles. The molecule has 0 aromatic carbocycles. The van der Waals surface area contributed by atoms with Crippen molar-refractivity contribution in [2.24, 2.45) is 5.41 Å². The minimum atomic E-state index is 0.204. The first-order valence-electron chi connectivity index (χ1n) is 8.94. The Balaban J connectivity index is 1.79. The molecule has 5 heteroatoms. The second kappa shape index (κ2) is 6.63. The van der Waals surface area contributed by atoms with Gasteiger partial charge in [-0.25, -0.2) is 9.97 Å². The van der Waals surface area contributed by atoms with E-state index in [4.69, 9.17) is 0 Å². The van der Waals surface area contributed by atoms with Crippen molar-refractivity contribution >= 4 is 11.6 Å². The predicted octanol–water partition coefficient (Wildman–Crippen LogP) is 2.84. The third-order valence-corrected chi connectivity index (χ3v) is 5.04. The zero-order valence-corrected chi connectivity index (χ0v) is 14.7. The number of rotatable bonds is 4. The monoisotopic (exact) mass is 318 g/mol. The molecule has 0 aliphatic carbocycles. The van der Waals surface area contributed by atoms with Crippen molar-refractivity contribution in [2.45, 2.75) is 65.0 Å². The van der Waals surface area contributed by atoms with Crippen LogP contribution in [0.25, 0.3) is 0 Å². The zero-order chi connectivity index (χ0) is 16.4. The van der Waals surface area contributed by atoms with Crippen LogP contribution in [-0.4, -0.2) is 46.9 Å². The van der Waals surface area contributed by atoms with Crippen LogP contribution in [0.5, 0.6) is 0 Å². The average molecular weight is 318 g/mol. The lowest BCUT2D eigenvalue weighted by Gasteiger charge is -2.32. The van der Waals surface area contributed by atoms with Gasteiger partial charge in [0.05, 0.1) is 12.6 Å². The third kappa shape index (κ3) is 3.77. The second-order valence-electron chi connectivity index (χ2n) is 8.16. The van der Waals surface area contributed by atoms with Gasteiger partial charge in [0.15, 0.2) is 0 Å². The molecule has 1 aromatic heterocycles. The van der Waals surface area contributed by atoms with Gasteiger partial charge in [-0.1, -0.05) is 20.8 Å². The minimum Gasteiger partial charge on any atom is -0.394 e. The number of hydrogen-bond donors (Lipinski definition) is 1. The Morgan fingerprint density at radius 3 is 2.17 bits per heavy atom. The number of hydrogen-bond acceptors (Lipinski definition) is 5. The van der Waals surface area contributed by atoms with Crippen molar-refractivity contribution in [3.05, 3.63) is 12.4 Å². The quantitative estimate of drug-likeness (QED) is 0.925. The third-order valence-electron chi connectivity index (χ3n) is 5.04. The van der Waals surface area contributed by atoms with E-state index in [-0.39, 0.29) is 12.6 Å². The molecule has 5 nitrogen and oxygen atoms in total. The number of aliphatic hydroxyl groups is 1. The van der Waals surface area contributed by atoms with Gasteiger partial charge in [0.1, 0.15) is 18.0 Å².